The van der Waals surface area contributed by atoms with Gasteiger partial charge in [-0.1, -0.05) is 26.0 Å². The zero-order chi connectivity index (χ0) is 13.7. The first-order valence-corrected chi connectivity index (χ1v) is 7.70. The lowest BCUT2D eigenvalue weighted by Crippen LogP contribution is -2.42. The van der Waals surface area contributed by atoms with Gasteiger partial charge in [0.2, 0.25) is 0 Å². The number of nitrogens with zero attached hydrogens (tertiary/aromatic N) is 1. The van der Waals surface area contributed by atoms with E-state index in [0.29, 0.717) is 6.04 Å². The largest absolute Gasteiger partial charge is 0.380 e. The molecule has 104 valence electrons. The van der Waals surface area contributed by atoms with Crippen molar-refractivity contribution in [2.75, 3.05) is 13.7 Å². The molecule has 0 aliphatic heterocycles. The van der Waals surface area contributed by atoms with Crippen LogP contribution < -0.4 is 5.32 Å². The fourth-order valence-electron chi connectivity index (χ4n) is 2.41. The highest BCUT2D eigenvalue weighted by molar-refractivity contribution is 7.18. The molecule has 2 unspecified atom stereocenters. The van der Waals surface area contributed by atoms with Gasteiger partial charge < -0.3 is 10.1 Å². The Kier molecular flexibility index (Phi) is 5.31. The van der Waals surface area contributed by atoms with Crippen LogP contribution in [0.25, 0.3) is 10.2 Å². The first kappa shape index (κ1) is 14.4. The molecule has 0 bridgehead atoms. The van der Waals surface area contributed by atoms with Gasteiger partial charge in [0.15, 0.2) is 0 Å². The molecule has 0 fully saturated rings. The van der Waals surface area contributed by atoms with Gasteiger partial charge in [0, 0.05) is 19.6 Å². The normalized spacial score (nSPS) is 14.7. The van der Waals surface area contributed by atoms with Crippen LogP contribution in [0.4, 0.5) is 0 Å². The molecule has 1 aromatic carbocycles. The number of fused-ring (bicyclic) bond motifs is 1. The molecule has 0 aliphatic rings. The third-order valence-corrected chi connectivity index (χ3v) is 4.41. The molecule has 2 rings (SSSR count). The second-order valence-electron chi connectivity index (χ2n) is 4.63. The number of benzene rings is 1. The van der Waals surface area contributed by atoms with Crippen molar-refractivity contribution in [3.8, 4) is 0 Å². The van der Waals surface area contributed by atoms with Gasteiger partial charge in [-0.05, 0) is 25.1 Å². The van der Waals surface area contributed by atoms with E-state index in [2.05, 4.69) is 37.4 Å². The van der Waals surface area contributed by atoms with Crippen molar-refractivity contribution in [3.63, 3.8) is 0 Å². The Balaban J connectivity index is 2.15. The number of aromatic nitrogens is 1. The average Bonchev–Trinajstić information content (AvgIpc) is 2.82. The first-order chi connectivity index (χ1) is 9.28. The van der Waals surface area contributed by atoms with Gasteiger partial charge in [-0.15, -0.1) is 11.3 Å². The zero-order valence-corrected chi connectivity index (χ0v) is 12.7. The minimum Gasteiger partial charge on any atom is -0.380 e. The van der Waals surface area contributed by atoms with E-state index in [1.807, 2.05) is 6.07 Å². The van der Waals surface area contributed by atoms with Crippen LogP contribution in [0.3, 0.4) is 0 Å². The van der Waals surface area contributed by atoms with Crippen molar-refractivity contribution in [3.05, 3.63) is 29.3 Å². The standard InChI is InChI=1S/C15H22N2OS/c1-4-13(18-3)12(16-5-2)10-15-17-11-8-6-7-9-14(11)19-15/h6-9,12-13,16H,4-5,10H2,1-3H3. The first-order valence-electron chi connectivity index (χ1n) is 6.89. The van der Waals surface area contributed by atoms with E-state index >= 15 is 0 Å². The predicted molar refractivity (Wildman–Crippen MR) is 81.9 cm³/mol. The van der Waals surface area contributed by atoms with Crippen LogP contribution in [0.2, 0.25) is 0 Å². The number of para-hydroxylation sites is 1. The number of likely N-dealkylation sites (N-methyl/N-ethyl adjacent to an activating group) is 1. The van der Waals surface area contributed by atoms with Crippen LogP contribution >= 0.6 is 11.3 Å². The zero-order valence-electron chi connectivity index (χ0n) is 11.8. The molecular formula is C15H22N2OS. The molecule has 0 radical (unpaired) electrons. The second-order valence-corrected chi connectivity index (χ2v) is 5.74. The fourth-order valence-corrected chi connectivity index (χ4v) is 3.43. The number of methoxy groups -OCH3 is 1. The van der Waals surface area contributed by atoms with E-state index in [1.54, 1.807) is 18.4 Å². The van der Waals surface area contributed by atoms with Crippen molar-refractivity contribution in [1.29, 1.82) is 0 Å². The Hall–Kier alpha value is -0.970. The molecule has 0 saturated carbocycles. The van der Waals surface area contributed by atoms with Gasteiger partial charge in [0.05, 0.1) is 21.3 Å². The van der Waals surface area contributed by atoms with E-state index in [4.69, 9.17) is 9.72 Å². The maximum Gasteiger partial charge on any atom is 0.0955 e. The molecule has 1 aromatic heterocycles. The van der Waals surface area contributed by atoms with Gasteiger partial charge in [0.25, 0.3) is 0 Å². The number of ether oxygens (including phenoxy) is 1. The third kappa shape index (κ3) is 3.53. The molecule has 2 atom stereocenters. The molecule has 1 heterocycles. The number of thiazole rings is 1. The maximum absolute atomic E-state index is 5.57. The molecule has 0 saturated heterocycles. The Morgan fingerprint density at radius 1 is 1.32 bits per heavy atom. The number of hydrogen-bond acceptors (Lipinski definition) is 4. The highest BCUT2D eigenvalue weighted by Gasteiger charge is 2.20. The molecule has 19 heavy (non-hydrogen) atoms. The van der Waals surface area contributed by atoms with Crippen molar-refractivity contribution in [2.24, 2.45) is 0 Å². The summed E-state index contributed by atoms with van der Waals surface area (Å²) < 4.78 is 6.84. The summed E-state index contributed by atoms with van der Waals surface area (Å²) in [7, 11) is 1.79. The quantitative estimate of drug-likeness (QED) is 0.844. The maximum atomic E-state index is 5.57. The molecule has 0 spiro atoms. The van der Waals surface area contributed by atoms with Crippen LogP contribution in [0.15, 0.2) is 24.3 Å². The highest BCUT2D eigenvalue weighted by Crippen LogP contribution is 2.23. The van der Waals surface area contributed by atoms with Crippen LogP contribution in [0, 0.1) is 0 Å². The summed E-state index contributed by atoms with van der Waals surface area (Å²) in [5, 5.41) is 4.70. The molecule has 3 nitrogen and oxygen atoms in total. The predicted octanol–water partition coefficient (Wildman–Crippen LogP) is 3.24. The molecule has 4 heteroatoms. The summed E-state index contributed by atoms with van der Waals surface area (Å²) >= 11 is 1.78. The van der Waals surface area contributed by atoms with Gasteiger partial charge in [-0.25, -0.2) is 4.98 Å². The van der Waals surface area contributed by atoms with Crippen LogP contribution in [-0.4, -0.2) is 30.8 Å². The average molecular weight is 278 g/mol. The smallest absolute Gasteiger partial charge is 0.0955 e. The van der Waals surface area contributed by atoms with Gasteiger partial charge in [-0.2, -0.15) is 0 Å². The summed E-state index contributed by atoms with van der Waals surface area (Å²) in [4.78, 5) is 4.71. The van der Waals surface area contributed by atoms with E-state index in [0.717, 1.165) is 24.9 Å². The Morgan fingerprint density at radius 2 is 2.11 bits per heavy atom. The monoisotopic (exact) mass is 278 g/mol. The summed E-state index contributed by atoms with van der Waals surface area (Å²) in [6.07, 6.45) is 2.19. The van der Waals surface area contributed by atoms with Crippen LogP contribution in [0.1, 0.15) is 25.3 Å². The Bertz CT molecular complexity index is 475. The van der Waals surface area contributed by atoms with Crippen molar-refractivity contribution >= 4 is 21.6 Å². The molecule has 0 amide bonds. The second kappa shape index (κ2) is 6.98. The summed E-state index contributed by atoms with van der Waals surface area (Å²) in [5.74, 6) is 0. The van der Waals surface area contributed by atoms with Crippen molar-refractivity contribution in [1.82, 2.24) is 10.3 Å². The summed E-state index contributed by atoms with van der Waals surface area (Å²) in [6.45, 7) is 5.25. The molecule has 1 N–H and O–H groups in total. The number of rotatable bonds is 7. The third-order valence-electron chi connectivity index (χ3n) is 3.35. The Labute approximate surface area is 119 Å². The lowest BCUT2D eigenvalue weighted by atomic mass is 10.1. The van der Waals surface area contributed by atoms with Gasteiger partial charge in [-0.3, -0.25) is 0 Å². The minimum absolute atomic E-state index is 0.243. The van der Waals surface area contributed by atoms with E-state index < -0.39 is 0 Å². The lowest BCUT2D eigenvalue weighted by molar-refractivity contribution is 0.0658. The van der Waals surface area contributed by atoms with Crippen molar-refractivity contribution < 1.29 is 4.74 Å². The van der Waals surface area contributed by atoms with Crippen LogP contribution in [-0.2, 0) is 11.2 Å². The molecular weight excluding hydrogens is 256 g/mol. The topological polar surface area (TPSA) is 34.2 Å². The number of nitrogens with one attached hydrogen (secondary N) is 1. The Morgan fingerprint density at radius 3 is 2.74 bits per heavy atom. The van der Waals surface area contributed by atoms with E-state index in [9.17, 15) is 0 Å². The SMILES string of the molecule is CCNC(Cc1nc2ccccc2s1)C(CC)OC. The van der Waals surface area contributed by atoms with Crippen LogP contribution in [0.5, 0.6) is 0 Å². The molecule has 2 aromatic rings. The minimum atomic E-state index is 0.243. The highest BCUT2D eigenvalue weighted by atomic mass is 32.1. The van der Waals surface area contributed by atoms with E-state index in [1.165, 1.54) is 9.71 Å². The van der Waals surface area contributed by atoms with Crippen molar-refractivity contribution in [2.45, 2.75) is 38.8 Å². The number of hydrogen-bond donors (Lipinski definition) is 1. The van der Waals surface area contributed by atoms with Gasteiger partial charge in [0.1, 0.15) is 0 Å². The van der Waals surface area contributed by atoms with E-state index in [-0.39, 0.29) is 6.10 Å². The lowest BCUT2D eigenvalue weighted by Gasteiger charge is -2.25. The van der Waals surface area contributed by atoms with Gasteiger partial charge >= 0.3 is 0 Å². The summed E-state index contributed by atoms with van der Waals surface area (Å²) in [5.41, 5.74) is 1.10. The fraction of sp³-hybridized carbons (Fsp3) is 0.533. The molecule has 0 aliphatic carbocycles. The summed E-state index contributed by atoms with van der Waals surface area (Å²) in [6, 6.07) is 8.64.